The van der Waals surface area contributed by atoms with Crippen LogP contribution in [-0.4, -0.2) is 32.0 Å². The van der Waals surface area contributed by atoms with Gasteiger partial charge in [0.25, 0.3) is 5.91 Å². The maximum atomic E-state index is 12.5. The Bertz CT molecular complexity index is 785. The zero-order valence-electron chi connectivity index (χ0n) is 15.0. The van der Waals surface area contributed by atoms with Gasteiger partial charge in [-0.25, -0.2) is 0 Å². The van der Waals surface area contributed by atoms with Crippen LogP contribution in [-0.2, 0) is 12.7 Å². The Morgan fingerprint density at radius 1 is 1.04 bits per heavy atom. The van der Waals surface area contributed by atoms with Crippen molar-refractivity contribution >= 4 is 23.2 Å². The Hall–Kier alpha value is -2.55. The van der Waals surface area contributed by atoms with Crippen molar-refractivity contribution in [1.82, 2.24) is 16.0 Å². The molecule has 0 saturated carbocycles. The molecule has 0 aliphatic rings. The second kappa shape index (κ2) is 9.40. The molecule has 9 heteroatoms. The van der Waals surface area contributed by atoms with Crippen LogP contribution in [0.4, 0.5) is 13.2 Å². The van der Waals surface area contributed by atoms with E-state index in [0.29, 0.717) is 25.6 Å². The lowest BCUT2D eigenvalue weighted by molar-refractivity contribution is -0.137. The number of halogens is 3. The highest BCUT2D eigenvalue weighted by atomic mass is 32.1. The summed E-state index contributed by atoms with van der Waals surface area (Å²) in [5.74, 6) is 0.173. The largest absolute Gasteiger partial charge is 0.416 e. The van der Waals surface area contributed by atoms with E-state index >= 15 is 0 Å². The van der Waals surface area contributed by atoms with Gasteiger partial charge in [0.05, 0.1) is 12.1 Å². The molecule has 0 aliphatic carbocycles. The van der Waals surface area contributed by atoms with E-state index in [9.17, 15) is 18.0 Å². The van der Waals surface area contributed by atoms with Crippen LogP contribution in [0.15, 0.2) is 41.4 Å². The highest BCUT2D eigenvalue weighted by Gasteiger charge is 2.30. The fourth-order valence-corrected chi connectivity index (χ4v) is 3.07. The fourth-order valence-electron chi connectivity index (χ4n) is 2.24. The normalized spacial score (nSPS) is 12.0. The van der Waals surface area contributed by atoms with Crippen LogP contribution >= 0.6 is 11.3 Å². The van der Waals surface area contributed by atoms with Gasteiger partial charge in [0.1, 0.15) is 0 Å². The third-order valence-electron chi connectivity index (χ3n) is 3.63. The summed E-state index contributed by atoms with van der Waals surface area (Å²) < 4.78 is 37.6. The van der Waals surface area contributed by atoms with Gasteiger partial charge in [0, 0.05) is 35.5 Å². The molecule has 0 atom stereocenters. The summed E-state index contributed by atoms with van der Waals surface area (Å²) in [5.41, 5.74) is -0.602. The molecule has 0 fully saturated rings. The van der Waals surface area contributed by atoms with Crippen molar-refractivity contribution in [3.05, 3.63) is 57.3 Å². The van der Waals surface area contributed by atoms with Crippen LogP contribution in [0.2, 0.25) is 0 Å². The number of hydrogen-bond donors (Lipinski definition) is 3. The van der Waals surface area contributed by atoms with Crippen LogP contribution in [0.25, 0.3) is 0 Å². The first-order chi connectivity index (χ1) is 12.8. The molecule has 0 spiro atoms. The Labute approximate surface area is 159 Å². The predicted octanol–water partition coefficient (Wildman–Crippen LogP) is 3.17. The van der Waals surface area contributed by atoms with Crippen LogP contribution in [0, 0.1) is 6.92 Å². The Kier molecular flexibility index (Phi) is 7.23. The number of thiophene rings is 1. The number of benzene rings is 1. The molecule has 0 unspecified atom stereocenters. The van der Waals surface area contributed by atoms with Crippen molar-refractivity contribution in [1.29, 1.82) is 0 Å². The first kappa shape index (κ1) is 20.8. The van der Waals surface area contributed by atoms with E-state index in [1.165, 1.54) is 9.75 Å². The van der Waals surface area contributed by atoms with Gasteiger partial charge < -0.3 is 16.0 Å². The molecule has 3 N–H and O–H groups in total. The molecule has 0 bridgehead atoms. The minimum Gasteiger partial charge on any atom is -0.355 e. The molecule has 2 rings (SSSR count). The van der Waals surface area contributed by atoms with Crippen molar-refractivity contribution in [3.63, 3.8) is 0 Å². The average molecular weight is 398 g/mol. The van der Waals surface area contributed by atoms with Gasteiger partial charge in [-0.05, 0) is 43.3 Å². The predicted molar refractivity (Wildman–Crippen MR) is 101 cm³/mol. The molecule has 5 nitrogen and oxygen atoms in total. The van der Waals surface area contributed by atoms with Gasteiger partial charge in [-0.2, -0.15) is 13.2 Å². The third-order valence-corrected chi connectivity index (χ3v) is 4.63. The highest BCUT2D eigenvalue weighted by Crippen LogP contribution is 2.29. The Morgan fingerprint density at radius 2 is 1.70 bits per heavy atom. The maximum Gasteiger partial charge on any atom is 0.416 e. The minimum absolute atomic E-state index is 0.179. The molecule has 1 heterocycles. The second-order valence-corrected chi connectivity index (χ2v) is 7.07. The van der Waals surface area contributed by atoms with Crippen LogP contribution < -0.4 is 16.0 Å². The number of aryl methyl sites for hydroxylation is 1. The zero-order chi connectivity index (χ0) is 19.9. The summed E-state index contributed by atoms with van der Waals surface area (Å²) in [6.45, 7) is 3.42. The summed E-state index contributed by atoms with van der Waals surface area (Å²) in [6.07, 6.45) is -4.41. The number of rotatable bonds is 6. The van der Waals surface area contributed by atoms with Crippen molar-refractivity contribution in [3.8, 4) is 0 Å². The van der Waals surface area contributed by atoms with Crippen LogP contribution in [0.5, 0.6) is 0 Å². The number of alkyl halides is 3. The topological polar surface area (TPSA) is 65.5 Å². The molecule has 1 amide bonds. The molecule has 1 aromatic carbocycles. The first-order valence-corrected chi connectivity index (χ1v) is 9.06. The molecule has 1 aromatic heterocycles. The minimum atomic E-state index is -4.41. The molecule has 146 valence electrons. The molecular formula is C18H21F3N4OS. The number of nitrogens with one attached hydrogen (secondary N) is 3. The fraction of sp³-hybridized carbons (Fsp3) is 0.333. The summed E-state index contributed by atoms with van der Waals surface area (Å²) in [4.78, 5) is 18.5. The van der Waals surface area contributed by atoms with E-state index in [-0.39, 0.29) is 5.56 Å². The van der Waals surface area contributed by atoms with Gasteiger partial charge in [-0.3, -0.25) is 9.79 Å². The summed E-state index contributed by atoms with van der Waals surface area (Å²) in [5, 5.41) is 8.88. The average Bonchev–Trinajstić information content (AvgIpc) is 3.05. The van der Waals surface area contributed by atoms with Gasteiger partial charge in [0.2, 0.25) is 0 Å². The van der Waals surface area contributed by atoms with E-state index in [4.69, 9.17) is 0 Å². The number of aliphatic imine (C=N–C) groups is 1. The van der Waals surface area contributed by atoms with E-state index in [1.54, 1.807) is 18.4 Å². The number of hydrogen-bond acceptors (Lipinski definition) is 3. The zero-order valence-corrected chi connectivity index (χ0v) is 15.8. The molecule has 0 radical (unpaired) electrons. The van der Waals surface area contributed by atoms with Crippen LogP contribution in [0.3, 0.4) is 0 Å². The van der Waals surface area contributed by atoms with Gasteiger partial charge in [-0.1, -0.05) is 0 Å². The van der Waals surface area contributed by atoms with E-state index in [2.05, 4.69) is 27.0 Å². The standard InChI is InChI=1S/C18H21F3N4OS/c1-12-3-8-15(27-12)11-25-17(22-2)24-10-9-23-16(26)13-4-6-14(7-5-13)18(19,20)21/h3-8H,9-11H2,1-2H3,(H,23,26)(H2,22,24,25). The molecule has 2 aromatic rings. The van der Waals surface area contributed by atoms with Crippen LogP contribution in [0.1, 0.15) is 25.7 Å². The molecule has 0 aliphatic heterocycles. The van der Waals surface area contributed by atoms with Gasteiger partial charge >= 0.3 is 6.18 Å². The Balaban J connectivity index is 1.72. The SMILES string of the molecule is CN=C(NCCNC(=O)c1ccc(C(F)(F)F)cc1)NCc1ccc(C)s1. The number of guanidine groups is 1. The molecule has 27 heavy (non-hydrogen) atoms. The second-order valence-electron chi connectivity index (χ2n) is 5.70. The Morgan fingerprint density at radius 3 is 2.26 bits per heavy atom. The molecular weight excluding hydrogens is 377 g/mol. The summed E-state index contributed by atoms with van der Waals surface area (Å²) >= 11 is 1.70. The van der Waals surface area contributed by atoms with Crippen molar-refractivity contribution in [2.45, 2.75) is 19.6 Å². The summed E-state index contributed by atoms with van der Waals surface area (Å²) in [6, 6.07) is 8.21. The maximum absolute atomic E-state index is 12.5. The number of carbonyl (C=O) groups excluding carboxylic acids is 1. The van der Waals surface area contributed by atoms with Gasteiger partial charge in [0.15, 0.2) is 5.96 Å². The first-order valence-electron chi connectivity index (χ1n) is 8.25. The molecule has 0 saturated heterocycles. The number of nitrogens with zero attached hydrogens (tertiary/aromatic N) is 1. The quantitative estimate of drug-likeness (QED) is 0.398. The lowest BCUT2D eigenvalue weighted by Gasteiger charge is -2.12. The van der Waals surface area contributed by atoms with Crippen molar-refractivity contribution in [2.24, 2.45) is 4.99 Å². The lowest BCUT2D eigenvalue weighted by atomic mass is 10.1. The van der Waals surface area contributed by atoms with E-state index < -0.39 is 17.6 Å². The van der Waals surface area contributed by atoms with E-state index in [1.807, 2.05) is 13.0 Å². The monoisotopic (exact) mass is 398 g/mol. The lowest BCUT2D eigenvalue weighted by Crippen LogP contribution is -2.41. The number of amides is 1. The smallest absolute Gasteiger partial charge is 0.355 e. The summed E-state index contributed by atoms with van der Waals surface area (Å²) in [7, 11) is 1.65. The van der Waals surface area contributed by atoms with Crippen molar-refractivity contribution in [2.75, 3.05) is 20.1 Å². The van der Waals surface area contributed by atoms with E-state index in [0.717, 1.165) is 24.3 Å². The van der Waals surface area contributed by atoms with Gasteiger partial charge in [-0.15, -0.1) is 11.3 Å². The number of carbonyl (C=O) groups is 1. The van der Waals surface area contributed by atoms with Crippen molar-refractivity contribution < 1.29 is 18.0 Å². The third kappa shape index (κ3) is 6.59. The highest BCUT2D eigenvalue weighted by molar-refractivity contribution is 7.11.